The molecule has 0 saturated carbocycles. The first-order valence-corrected chi connectivity index (χ1v) is 19.1. The van der Waals surface area contributed by atoms with Gasteiger partial charge in [-0.05, 0) is 0 Å². The molecule has 0 aromatic rings. The van der Waals surface area contributed by atoms with Gasteiger partial charge in [-0.3, -0.25) is 0 Å². The van der Waals surface area contributed by atoms with Gasteiger partial charge < -0.3 is 0 Å². The first-order chi connectivity index (χ1) is 17.4. The molecule has 0 aromatic heterocycles. The van der Waals surface area contributed by atoms with Gasteiger partial charge in [0.05, 0.1) is 0 Å². The van der Waals surface area contributed by atoms with Crippen LogP contribution in [0.25, 0.3) is 0 Å². The maximum absolute atomic E-state index is 10.4. The van der Waals surface area contributed by atoms with Crippen molar-refractivity contribution < 1.29 is 14.7 Å². The van der Waals surface area contributed by atoms with Crippen LogP contribution in [0.3, 0.4) is 0 Å². The molecule has 0 rings (SSSR count). The first-order valence-electron chi connectivity index (χ1n) is 16.6. The van der Waals surface area contributed by atoms with Gasteiger partial charge in [0.25, 0.3) is 0 Å². The van der Waals surface area contributed by atoms with Crippen molar-refractivity contribution >= 4 is 7.28 Å². The van der Waals surface area contributed by atoms with Crippen LogP contribution in [0.5, 0.6) is 0 Å². The summed E-state index contributed by atoms with van der Waals surface area (Å²) in [5.41, 5.74) is 0. The van der Waals surface area contributed by atoms with E-state index in [1.165, 1.54) is 141 Å². The summed E-state index contributed by atoms with van der Waals surface area (Å²) in [6.45, 7) is 4.55. The molecule has 36 heavy (non-hydrogen) atoms. The molecule has 3 N–H and O–H groups in total. The average molecular weight is 533 g/mol. The Morgan fingerprint density at radius 1 is 0.278 bits per heavy atom. The van der Waals surface area contributed by atoms with Crippen LogP contribution in [0, 0.1) is 0 Å². The van der Waals surface area contributed by atoms with E-state index in [-0.39, 0.29) is 12.3 Å². The van der Waals surface area contributed by atoms with E-state index >= 15 is 0 Å². The normalized spacial score (nSPS) is 13.2. The fourth-order valence-corrected chi connectivity index (χ4v) is 7.34. The van der Waals surface area contributed by atoms with E-state index in [0.717, 1.165) is 38.5 Å². The summed E-state index contributed by atoms with van der Waals surface area (Å²) < 4.78 is 0. The van der Waals surface area contributed by atoms with Gasteiger partial charge >= 0.3 is 176 Å². The molecule has 0 fully saturated rings. The number of hydrogen-bond donors (Lipinski definition) is 3. The Kier molecular flexibility index (Phi) is 25.8. The van der Waals surface area contributed by atoms with E-state index in [2.05, 4.69) is 13.8 Å². The van der Waals surface area contributed by atoms with Crippen LogP contribution in [0.4, 0.5) is 0 Å². The first kappa shape index (κ1) is 36.3. The third kappa shape index (κ3) is 28.9. The zero-order valence-electron chi connectivity index (χ0n) is 25.0. The SMILES string of the molecule is CCCCCCCCCCCCCCCCP(O)(O)(O)CCCCCCCCCCCCCCCC. The minimum atomic E-state index is -4.38. The molecule has 0 saturated heterocycles. The summed E-state index contributed by atoms with van der Waals surface area (Å²) in [4.78, 5) is 31.2. The van der Waals surface area contributed by atoms with Crippen LogP contribution in [-0.4, -0.2) is 27.0 Å². The Bertz CT molecular complexity index is 397. The van der Waals surface area contributed by atoms with Crippen LogP contribution in [0.15, 0.2) is 0 Å². The zero-order valence-corrected chi connectivity index (χ0v) is 25.9. The Hall–Kier alpha value is 0.310. The van der Waals surface area contributed by atoms with E-state index in [0.29, 0.717) is 0 Å². The minimum Gasteiger partial charge on any atom is -0.0654 e. The van der Waals surface area contributed by atoms with Crippen molar-refractivity contribution in [2.75, 3.05) is 12.3 Å². The van der Waals surface area contributed by atoms with E-state index in [1.807, 2.05) is 0 Å². The van der Waals surface area contributed by atoms with E-state index in [9.17, 15) is 14.7 Å². The molecule has 3 nitrogen and oxygen atoms in total. The molecule has 220 valence electrons. The van der Waals surface area contributed by atoms with Crippen LogP contribution in [0.2, 0.25) is 0 Å². The smallest absolute Gasteiger partial charge is 0.0654 e. The third-order valence-electron chi connectivity index (χ3n) is 7.94. The molecule has 0 aliphatic carbocycles. The van der Waals surface area contributed by atoms with Crippen molar-refractivity contribution in [2.45, 2.75) is 194 Å². The summed E-state index contributed by atoms with van der Waals surface area (Å²) >= 11 is 0. The summed E-state index contributed by atoms with van der Waals surface area (Å²) in [7, 11) is -4.38. The summed E-state index contributed by atoms with van der Waals surface area (Å²) in [5.74, 6) is 0. The second kappa shape index (κ2) is 25.6. The second-order valence-corrected chi connectivity index (χ2v) is 15.6. The Morgan fingerprint density at radius 2 is 0.444 bits per heavy atom. The maximum atomic E-state index is 10.4. The third-order valence-corrected chi connectivity index (χ3v) is 10.4. The molecule has 0 radical (unpaired) electrons. The van der Waals surface area contributed by atoms with Crippen LogP contribution < -0.4 is 0 Å². The predicted molar refractivity (Wildman–Crippen MR) is 164 cm³/mol. The van der Waals surface area contributed by atoms with Gasteiger partial charge in [-0.2, -0.15) is 0 Å². The van der Waals surface area contributed by atoms with Crippen molar-refractivity contribution in [1.82, 2.24) is 0 Å². The Labute approximate surface area is 227 Å². The molecular weight excluding hydrogens is 463 g/mol. The van der Waals surface area contributed by atoms with E-state index in [1.54, 1.807) is 0 Å². The van der Waals surface area contributed by atoms with Gasteiger partial charge in [-0.25, -0.2) is 0 Å². The van der Waals surface area contributed by atoms with Crippen LogP contribution >= 0.6 is 7.28 Å². The summed E-state index contributed by atoms with van der Waals surface area (Å²) in [5, 5.41) is 0. The Morgan fingerprint density at radius 3 is 0.639 bits per heavy atom. The predicted octanol–water partition coefficient (Wildman–Crippen LogP) is 11.2. The van der Waals surface area contributed by atoms with Crippen LogP contribution in [-0.2, 0) is 0 Å². The quantitative estimate of drug-likeness (QED) is 0.0636. The average Bonchev–Trinajstić information content (AvgIpc) is 2.84. The van der Waals surface area contributed by atoms with Crippen LogP contribution in [0.1, 0.15) is 194 Å². The molecule has 0 spiro atoms. The molecule has 0 amide bonds. The summed E-state index contributed by atoms with van der Waals surface area (Å²) in [6.07, 6.45) is 36.3. The van der Waals surface area contributed by atoms with Gasteiger partial charge in [0.2, 0.25) is 0 Å². The molecular formula is C32H69O3P. The molecule has 0 heterocycles. The molecule has 4 heteroatoms. The molecule has 0 bridgehead atoms. The number of unbranched alkanes of at least 4 members (excludes halogenated alkanes) is 26. The van der Waals surface area contributed by atoms with Crippen molar-refractivity contribution in [3.63, 3.8) is 0 Å². The van der Waals surface area contributed by atoms with Gasteiger partial charge in [0, 0.05) is 0 Å². The molecule has 0 aliphatic heterocycles. The van der Waals surface area contributed by atoms with Gasteiger partial charge in [0.1, 0.15) is 0 Å². The second-order valence-electron chi connectivity index (χ2n) is 12.0. The van der Waals surface area contributed by atoms with Crippen molar-refractivity contribution in [3.8, 4) is 0 Å². The standard InChI is InChI=1S/C32H69O3P/c1-3-5-7-9-11-13-15-17-19-21-23-25-27-29-31-36(33,34,35)32-30-28-26-24-22-20-18-16-14-12-10-8-6-4-2/h33-35H,3-32H2,1-2H3. The van der Waals surface area contributed by atoms with Crippen molar-refractivity contribution in [2.24, 2.45) is 0 Å². The summed E-state index contributed by atoms with van der Waals surface area (Å²) in [6, 6.07) is 0. The van der Waals surface area contributed by atoms with E-state index in [4.69, 9.17) is 0 Å². The molecule has 0 unspecified atom stereocenters. The van der Waals surface area contributed by atoms with Crippen molar-refractivity contribution in [1.29, 1.82) is 0 Å². The van der Waals surface area contributed by atoms with Gasteiger partial charge in [-0.15, -0.1) is 0 Å². The monoisotopic (exact) mass is 532 g/mol. The zero-order chi connectivity index (χ0) is 26.7. The fraction of sp³-hybridized carbons (Fsp3) is 1.00. The number of hydrogen-bond acceptors (Lipinski definition) is 3. The van der Waals surface area contributed by atoms with E-state index < -0.39 is 7.28 Å². The van der Waals surface area contributed by atoms with Gasteiger partial charge in [0.15, 0.2) is 0 Å². The minimum absolute atomic E-state index is 0.210. The molecule has 0 aromatic carbocycles. The Balaban J connectivity index is 3.43. The van der Waals surface area contributed by atoms with Gasteiger partial charge in [-0.1, -0.05) is 52.4 Å². The number of rotatable bonds is 30. The molecule has 0 aliphatic rings. The topological polar surface area (TPSA) is 60.7 Å². The fourth-order valence-electron chi connectivity index (χ4n) is 5.37. The van der Waals surface area contributed by atoms with Crippen molar-refractivity contribution in [3.05, 3.63) is 0 Å². The molecule has 0 atom stereocenters.